The fraction of sp³-hybridized carbons (Fsp3) is 0.750. The number of unbranched alkanes of at least 4 members (excludes halogenated alkanes) is 8. The number of carboxylic acids is 1. The topological polar surface area (TPSA) is 63.6 Å². The van der Waals surface area contributed by atoms with Crippen LogP contribution in [0, 0.1) is 0 Å². The Labute approximate surface area is 161 Å². The maximum atomic E-state index is 11.1. The first-order chi connectivity index (χ1) is 9.66. The molecule has 0 radical (unpaired) electrons. The summed E-state index contributed by atoms with van der Waals surface area (Å²) in [6, 6.07) is 0. The Kier molecular flexibility index (Phi) is 19.9. The van der Waals surface area contributed by atoms with Crippen LogP contribution in [-0.4, -0.2) is 54.8 Å². The van der Waals surface area contributed by atoms with Crippen LogP contribution < -0.4 is 0 Å². The summed E-state index contributed by atoms with van der Waals surface area (Å²) in [5, 5.41) is 8.40. The molecule has 0 saturated heterocycles. The van der Waals surface area contributed by atoms with Crippen molar-refractivity contribution in [3.8, 4) is 0 Å². The molecule has 120 valence electrons. The molecule has 0 aliphatic rings. The minimum atomic E-state index is -0.982. The van der Waals surface area contributed by atoms with Crippen LogP contribution in [0.25, 0.3) is 0 Å². The number of ether oxygens (including phenoxy) is 1. The van der Waals surface area contributed by atoms with E-state index in [4.69, 9.17) is 9.84 Å². The van der Waals surface area contributed by atoms with Crippen molar-refractivity contribution in [2.24, 2.45) is 0 Å². The van der Waals surface area contributed by atoms with Crippen molar-refractivity contribution in [1.29, 1.82) is 0 Å². The Bertz CT molecular complexity index is 300. The van der Waals surface area contributed by atoms with Crippen molar-refractivity contribution in [1.82, 2.24) is 0 Å². The van der Waals surface area contributed by atoms with Gasteiger partial charge in [0.05, 0.1) is 19.1 Å². The van der Waals surface area contributed by atoms with Gasteiger partial charge >= 0.3 is 49.7 Å². The van der Waals surface area contributed by atoms with Crippen molar-refractivity contribution in [3.63, 3.8) is 0 Å². The predicted octanol–water partition coefficient (Wildman–Crippen LogP) is 4.28. The number of hydrogen-bond donors (Lipinski definition) is 1. The standard InChI is InChI=1S/C16H28O4.Ca.2H/c1-2-3-4-5-6-7-8-9-10-11-14-20-16(19)13-12-15(17)18;;;/h11,14H,2-10,12-13H2,1H3,(H,17,18);;;/q;+2;2*-1/b14-11+;;;. The van der Waals surface area contributed by atoms with E-state index in [1.165, 1.54) is 51.2 Å². The normalized spacial score (nSPS) is 10.3. The number of esters is 1. The summed E-state index contributed by atoms with van der Waals surface area (Å²) >= 11 is 0. The van der Waals surface area contributed by atoms with E-state index in [0.29, 0.717) is 0 Å². The van der Waals surface area contributed by atoms with Crippen LogP contribution >= 0.6 is 0 Å². The van der Waals surface area contributed by atoms with E-state index in [0.717, 1.165) is 12.8 Å². The molecule has 0 rings (SSSR count). The van der Waals surface area contributed by atoms with Gasteiger partial charge in [-0.25, -0.2) is 0 Å². The van der Waals surface area contributed by atoms with Crippen LogP contribution in [0.5, 0.6) is 0 Å². The molecule has 5 heteroatoms. The van der Waals surface area contributed by atoms with Crippen LogP contribution in [0.1, 0.15) is 80.4 Å². The first kappa shape index (κ1) is 23.2. The maximum absolute atomic E-state index is 11.1. The van der Waals surface area contributed by atoms with Crippen LogP contribution in [0.15, 0.2) is 12.3 Å². The molecule has 0 aromatic rings. The number of carbonyl (C=O) groups is 2. The van der Waals surface area contributed by atoms with Crippen molar-refractivity contribution in [2.45, 2.75) is 77.6 Å². The molecule has 0 aliphatic heterocycles. The van der Waals surface area contributed by atoms with E-state index in [-0.39, 0.29) is 53.4 Å². The molecule has 0 bridgehead atoms. The Morgan fingerprint density at radius 1 is 1.00 bits per heavy atom. The SMILES string of the molecule is CCCCCCCCCC/C=C/OC(=O)CCC(=O)O.[Ca+2].[H-].[H-]. The van der Waals surface area contributed by atoms with Gasteiger partial charge < -0.3 is 12.7 Å². The summed E-state index contributed by atoms with van der Waals surface area (Å²) in [5.41, 5.74) is 0. The molecule has 0 heterocycles. The molecule has 0 fully saturated rings. The molecule has 0 amide bonds. The zero-order valence-electron chi connectivity index (χ0n) is 15.3. The van der Waals surface area contributed by atoms with Crippen molar-refractivity contribution in [3.05, 3.63) is 12.3 Å². The van der Waals surface area contributed by atoms with Gasteiger partial charge in [0.25, 0.3) is 0 Å². The third-order valence-corrected chi connectivity index (χ3v) is 3.06. The Hall–Kier alpha value is -0.0603. The quantitative estimate of drug-likeness (QED) is 0.237. The number of aliphatic carboxylic acids is 1. The average Bonchev–Trinajstić information content (AvgIpc) is 2.42. The molecule has 1 N–H and O–H groups in total. The van der Waals surface area contributed by atoms with Crippen LogP contribution in [-0.2, 0) is 14.3 Å². The number of rotatable bonds is 13. The molecule has 0 aromatic heterocycles. The fourth-order valence-corrected chi connectivity index (χ4v) is 1.86. The maximum Gasteiger partial charge on any atom is 2.00 e. The summed E-state index contributed by atoms with van der Waals surface area (Å²) in [6.45, 7) is 2.22. The van der Waals surface area contributed by atoms with Gasteiger partial charge in [0, 0.05) is 0 Å². The van der Waals surface area contributed by atoms with E-state index >= 15 is 0 Å². The first-order valence-corrected chi connectivity index (χ1v) is 7.73. The summed E-state index contributed by atoms with van der Waals surface area (Å²) in [6.07, 6.45) is 14.1. The van der Waals surface area contributed by atoms with Crippen molar-refractivity contribution < 1.29 is 22.3 Å². The van der Waals surface area contributed by atoms with Gasteiger partial charge in [-0.3, -0.25) is 9.59 Å². The Balaban J connectivity index is -0.000000602. The average molecular weight is 326 g/mol. The summed E-state index contributed by atoms with van der Waals surface area (Å²) in [7, 11) is 0. The van der Waals surface area contributed by atoms with Gasteiger partial charge in [-0.15, -0.1) is 0 Å². The molecule has 0 aromatic carbocycles. The monoisotopic (exact) mass is 326 g/mol. The second-order valence-corrected chi connectivity index (χ2v) is 5.02. The van der Waals surface area contributed by atoms with E-state index < -0.39 is 11.9 Å². The van der Waals surface area contributed by atoms with Gasteiger partial charge in [0.15, 0.2) is 0 Å². The zero-order valence-corrected chi connectivity index (χ0v) is 15.5. The van der Waals surface area contributed by atoms with Gasteiger partial charge in [0.2, 0.25) is 0 Å². The summed E-state index contributed by atoms with van der Waals surface area (Å²) < 4.78 is 4.78. The largest absolute Gasteiger partial charge is 2.00 e. The third-order valence-electron chi connectivity index (χ3n) is 3.06. The minimum Gasteiger partial charge on any atom is -1.00 e. The number of hydrogen-bond acceptors (Lipinski definition) is 3. The van der Waals surface area contributed by atoms with Crippen LogP contribution in [0.2, 0.25) is 0 Å². The van der Waals surface area contributed by atoms with Crippen molar-refractivity contribution in [2.75, 3.05) is 0 Å². The Morgan fingerprint density at radius 3 is 2.14 bits per heavy atom. The molecule has 0 atom stereocenters. The molecule has 0 saturated carbocycles. The van der Waals surface area contributed by atoms with Crippen molar-refractivity contribution >= 4 is 49.7 Å². The van der Waals surface area contributed by atoms with E-state index in [1.54, 1.807) is 0 Å². The van der Waals surface area contributed by atoms with Crippen LogP contribution in [0.4, 0.5) is 0 Å². The van der Waals surface area contributed by atoms with Gasteiger partial charge in [-0.1, -0.05) is 51.9 Å². The first-order valence-electron chi connectivity index (χ1n) is 7.73. The molecule has 0 aliphatic carbocycles. The second kappa shape index (κ2) is 18.0. The molecular weight excluding hydrogens is 296 g/mol. The fourth-order valence-electron chi connectivity index (χ4n) is 1.86. The van der Waals surface area contributed by atoms with E-state index in [2.05, 4.69) is 6.92 Å². The summed E-state index contributed by atoms with van der Waals surface area (Å²) in [5.74, 6) is -1.47. The van der Waals surface area contributed by atoms with Gasteiger partial charge in [-0.05, 0) is 18.9 Å². The molecule has 0 unspecified atom stereocenters. The second-order valence-electron chi connectivity index (χ2n) is 5.02. The van der Waals surface area contributed by atoms with Crippen LogP contribution in [0.3, 0.4) is 0 Å². The molecule has 0 spiro atoms. The minimum absolute atomic E-state index is 0. The van der Waals surface area contributed by atoms with E-state index in [9.17, 15) is 9.59 Å². The van der Waals surface area contributed by atoms with Gasteiger partial charge in [0.1, 0.15) is 0 Å². The number of allylic oxidation sites excluding steroid dienone is 1. The smallest absolute Gasteiger partial charge is 1.00 e. The molecule has 21 heavy (non-hydrogen) atoms. The summed E-state index contributed by atoms with van der Waals surface area (Å²) in [4.78, 5) is 21.3. The Morgan fingerprint density at radius 2 is 1.57 bits per heavy atom. The van der Waals surface area contributed by atoms with Gasteiger partial charge in [-0.2, -0.15) is 0 Å². The number of carbonyl (C=O) groups excluding carboxylic acids is 1. The zero-order chi connectivity index (χ0) is 15.1. The molecule has 4 nitrogen and oxygen atoms in total. The number of carboxylic acid groups (broad SMARTS) is 1. The predicted molar refractivity (Wildman–Crippen MR) is 87.3 cm³/mol. The third kappa shape index (κ3) is 19.9. The molecular formula is C16H30CaO4. The van der Waals surface area contributed by atoms with E-state index in [1.807, 2.05) is 6.08 Å².